The van der Waals surface area contributed by atoms with E-state index in [1.807, 2.05) is 25.3 Å². The first kappa shape index (κ1) is 22.8. The minimum absolute atomic E-state index is 0.0669. The molecule has 3 rings (SSSR count). The number of nitrogens with one attached hydrogen (secondary N) is 2. The standard InChI is InChI=1S/C24H30N4O3/c1-25-9-3-2-4-10-31-11-5-6-18-7-8-23(27-15-18)28-24(30)20-12-19-14-22(17-29)26-16-21(19)13-20/h5-8,14-17,20,25H,2-4,9-13H2,1H3,(H,27,28,30)/b6-5+. The van der Waals surface area contributed by atoms with E-state index in [9.17, 15) is 9.59 Å². The molecule has 0 saturated carbocycles. The van der Waals surface area contributed by atoms with E-state index >= 15 is 0 Å². The van der Waals surface area contributed by atoms with Crippen LogP contribution in [0, 0.1) is 5.92 Å². The number of nitrogens with zero attached hydrogens (tertiary/aromatic N) is 2. The van der Waals surface area contributed by atoms with Gasteiger partial charge in [0.15, 0.2) is 6.29 Å². The molecule has 0 bridgehead atoms. The maximum atomic E-state index is 12.6. The van der Waals surface area contributed by atoms with Crippen molar-refractivity contribution in [1.82, 2.24) is 15.3 Å². The molecule has 1 aliphatic carbocycles. The molecule has 7 nitrogen and oxygen atoms in total. The van der Waals surface area contributed by atoms with E-state index in [0.717, 1.165) is 42.5 Å². The van der Waals surface area contributed by atoms with Crippen molar-refractivity contribution >= 4 is 24.1 Å². The van der Waals surface area contributed by atoms with Gasteiger partial charge in [0.1, 0.15) is 11.5 Å². The topological polar surface area (TPSA) is 93.2 Å². The second-order valence-electron chi connectivity index (χ2n) is 7.71. The number of aromatic nitrogens is 2. The van der Waals surface area contributed by atoms with Gasteiger partial charge in [0.05, 0.1) is 6.61 Å². The van der Waals surface area contributed by atoms with Crippen LogP contribution in [0.5, 0.6) is 0 Å². The Kier molecular flexibility index (Phi) is 8.87. The summed E-state index contributed by atoms with van der Waals surface area (Å²) in [5, 5.41) is 6.03. The summed E-state index contributed by atoms with van der Waals surface area (Å²) in [7, 11) is 1.97. The van der Waals surface area contributed by atoms with Gasteiger partial charge in [-0.2, -0.15) is 0 Å². The smallest absolute Gasteiger partial charge is 0.229 e. The Morgan fingerprint density at radius 1 is 1.16 bits per heavy atom. The van der Waals surface area contributed by atoms with Gasteiger partial charge in [0, 0.05) is 24.9 Å². The quantitative estimate of drug-likeness (QED) is 0.403. The fourth-order valence-electron chi connectivity index (χ4n) is 3.59. The summed E-state index contributed by atoms with van der Waals surface area (Å²) in [6, 6.07) is 5.48. The average Bonchev–Trinajstić information content (AvgIpc) is 3.22. The number of amides is 1. The molecule has 2 heterocycles. The molecule has 1 amide bonds. The number of carbonyl (C=O) groups excluding carboxylic acids is 2. The Morgan fingerprint density at radius 3 is 2.81 bits per heavy atom. The molecule has 0 radical (unpaired) electrons. The zero-order valence-corrected chi connectivity index (χ0v) is 18.0. The van der Waals surface area contributed by atoms with Gasteiger partial charge in [0.2, 0.25) is 5.91 Å². The second-order valence-corrected chi connectivity index (χ2v) is 7.71. The lowest BCUT2D eigenvalue weighted by atomic mass is 10.1. The lowest BCUT2D eigenvalue weighted by molar-refractivity contribution is -0.119. The number of anilines is 1. The first-order chi connectivity index (χ1) is 15.2. The summed E-state index contributed by atoms with van der Waals surface area (Å²) < 4.78 is 5.60. The monoisotopic (exact) mass is 422 g/mol. The number of carbonyl (C=O) groups is 2. The maximum Gasteiger partial charge on any atom is 0.229 e. The minimum Gasteiger partial charge on any atom is -0.377 e. The summed E-state index contributed by atoms with van der Waals surface area (Å²) in [6.07, 6.45) is 12.8. The number of ether oxygens (including phenoxy) is 1. The number of pyridine rings is 2. The van der Waals surface area contributed by atoms with Gasteiger partial charge in [-0.05, 0) is 80.6 Å². The first-order valence-corrected chi connectivity index (χ1v) is 10.8. The van der Waals surface area contributed by atoms with E-state index in [1.165, 1.54) is 12.8 Å². The van der Waals surface area contributed by atoms with Crippen molar-refractivity contribution in [3.05, 3.63) is 59.1 Å². The van der Waals surface area contributed by atoms with Crippen molar-refractivity contribution in [3.63, 3.8) is 0 Å². The van der Waals surface area contributed by atoms with Crippen molar-refractivity contribution in [3.8, 4) is 0 Å². The van der Waals surface area contributed by atoms with Gasteiger partial charge in [-0.3, -0.25) is 14.6 Å². The zero-order valence-electron chi connectivity index (χ0n) is 18.0. The summed E-state index contributed by atoms with van der Waals surface area (Å²) in [4.78, 5) is 31.9. The van der Waals surface area contributed by atoms with Crippen LogP contribution in [0.4, 0.5) is 5.82 Å². The van der Waals surface area contributed by atoms with E-state index in [0.29, 0.717) is 31.0 Å². The van der Waals surface area contributed by atoms with Crippen LogP contribution in [0.25, 0.3) is 6.08 Å². The molecule has 1 unspecified atom stereocenters. The van der Waals surface area contributed by atoms with Gasteiger partial charge in [-0.1, -0.05) is 12.2 Å². The molecule has 2 aromatic heterocycles. The number of unbranched alkanes of at least 4 members (excludes halogenated alkanes) is 2. The van der Waals surface area contributed by atoms with E-state index in [-0.39, 0.29) is 11.8 Å². The lowest BCUT2D eigenvalue weighted by Crippen LogP contribution is -2.23. The second kappa shape index (κ2) is 12.1. The molecular formula is C24H30N4O3. The van der Waals surface area contributed by atoms with Gasteiger partial charge in [-0.15, -0.1) is 0 Å². The zero-order chi connectivity index (χ0) is 21.9. The van der Waals surface area contributed by atoms with E-state index in [2.05, 4.69) is 20.6 Å². The number of aldehydes is 1. The SMILES string of the molecule is CNCCCCCOC/C=C/c1ccc(NC(=O)C2Cc3cnc(C=O)cc3C2)nc1. The molecule has 0 aliphatic heterocycles. The summed E-state index contributed by atoms with van der Waals surface area (Å²) in [5.41, 5.74) is 3.40. The maximum absolute atomic E-state index is 12.6. The molecule has 31 heavy (non-hydrogen) atoms. The molecule has 164 valence electrons. The van der Waals surface area contributed by atoms with Crippen LogP contribution in [0.15, 0.2) is 36.7 Å². The van der Waals surface area contributed by atoms with Gasteiger partial charge < -0.3 is 15.4 Å². The van der Waals surface area contributed by atoms with Gasteiger partial charge in [0.25, 0.3) is 0 Å². The molecule has 0 saturated heterocycles. The summed E-state index contributed by atoms with van der Waals surface area (Å²) in [5.74, 6) is 0.292. The largest absolute Gasteiger partial charge is 0.377 e. The summed E-state index contributed by atoms with van der Waals surface area (Å²) in [6.45, 7) is 2.40. The molecule has 0 spiro atoms. The fraction of sp³-hybridized carbons (Fsp3) is 0.417. The van der Waals surface area contributed by atoms with Crippen LogP contribution in [-0.2, 0) is 22.4 Å². The van der Waals surface area contributed by atoms with Crippen LogP contribution in [0.1, 0.15) is 46.4 Å². The van der Waals surface area contributed by atoms with Crippen molar-refractivity contribution in [2.75, 3.05) is 32.1 Å². The van der Waals surface area contributed by atoms with E-state index < -0.39 is 0 Å². The Hall–Kier alpha value is -2.90. The minimum atomic E-state index is -0.171. The predicted molar refractivity (Wildman–Crippen MR) is 121 cm³/mol. The van der Waals surface area contributed by atoms with Crippen LogP contribution in [0.3, 0.4) is 0 Å². The number of fused-ring (bicyclic) bond motifs is 1. The molecular weight excluding hydrogens is 392 g/mol. The Labute approximate surface area is 183 Å². The van der Waals surface area contributed by atoms with Crippen molar-refractivity contribution in [1.29, 1.82) is 0 Å². The van der Waals surface area contributed by atoms with E-state index in [1.54, 1.807) is 24.5 Å². The Bertz CT molecular complexity index is 896. The fourth-order valence-corrected chi connectivity index (χ4v) is 3.59. The van der Waals surface area contributed by atoms with Crippen molar-refractivity contribution < 1.29 is 14.3 Å². The van der Waals surface area contributed by atoms with Crippen LogP contribution >= 0.6 is 0 Å². The summed E-state index contributed by atoms with van der Waals surface area (Å²) >= 11 is 0. The third-order valence-corrected chi connectivity index (χ3v) is 5.31. The highest BCUT2D eigenvalue weighted by Gasteiger charge is 2.28. The molecule has 7 heteroatoms. The van der Waals surface area contributed by atoms with Crippen LogP contribution in [0.2, 0.25) is 0 Å². The van der Waals surface area contributed by atoms with Gasteiger partial charge >= 0.3 is 0 Å². The highest BCUT2D eigenvalue weighted by atomic mass is 16.5. The number of hydrogen-bond donors (Lipinski definition) is 2. The first-order valence-electron chi connectivity index (χ1n) is 10.8. The molecule has 2 aromatic rings. The molecule has 1 aliphatic rings. The lowest BCUT2D eigenvalue weighted by Gasteiger charge is -2.09. The highest BCUT2D eigenvalue weighted by molar-refractivity contribution is 5.92. The molecule has 0 aromatic carbocycles. The Morgan fingerprint density at radius 2 is 2.03 bits per heavy atom. The normalized spacial score (nSPS) is 15.2. The number of hydrogen-bond acceptors (Lipinski definition) is 6. The third-order valence-electron chi connectivity index (χ3n) is 5.31. The highest BCUT2D eigenvalue weighted by Crippen LogP contribution is 2.27. The van der Waals surface area contributed by atoms with Gasteiger partial charge in [-0.25, -0.2) is 4.98 Å². The number of rotatable bonds is 12. The Balaban J connectivity index is 1.39. The molecule has 0 fully saturated rings. The molecule has 2 N–H and O–H groups in total. The van der Waals surface area contributed by atoms with Crippen molar-refractivity contribution in [2.45, 2.75) is 32.1 Å². The van der Waals surface area contributed by atoms with Crippen molar-refractivity contribution in [2.24, 2.45) is 5.92 Å². The van der Waals surface area contributed by atoms with Crippen LogP contribution < -0.4 is 10.6 Å². The predicted octanol–water partition coefficient (Wildman–Crippen LogP) is 3.06. The van der Waals surface area contributed by atoms with Crippen LogP contribution in [-0.4, -0.2) is 49.0 Å². The van der Waals surface area contributed by atoms with E-state index in [4.69, 9.17) is 4.74 Å². The molecule has 1 atom stereocenters. The average molecular weight is 423 g/mol. The third kappa shape index (κ3) is 7.08.